The van der Waals surface area contributed by atoms with Crippen LogP contribution in [0.1, 0.15) is 49.5 Å². The largest absolute Gasteiger partial charge is 0.478 e. The molecule has 4 aromatic rings. The molecule has 0 bridgehead atoms. The van der Waals surface area contributed by atoms with Crippen molar-refractivity contribution in [2.75, 3.05) is 6.79 Å². The van der Waals surface area contributed by atoms with Crippen molar-refractivity contribution in [3.05, 3.63) is 71.8 Å². The van der Waals surface area contributed by atoms with Gasteiger partial charge in [-0.2, -0.15) is 0 Å². The second kappa shape index (κ2) is 9.66. The lowest BCUT2D eigenvalue weighted by molar-refractivity contribution is -0.145. The quantitative estimate of drug-likeness (QED) is 0.354. The van der Waals surface area contributed by atoms with E-state index in [0.717, 1.165) is 53.5 Å². The number of imidazole rings is 1. The van der Waals surface area contributed by atoms with Crippen molar-refractivity contribution in [1.82, 2.24) is 14.5 Å². The topological polar surface area (TPSA) is 95.7 Å². The average molecular weight is 474 g/mol. The molecule has 180 valence electrons. The summed E-state index contributed by atoms with van der Waals surface area (Å²) >= 11 is 0. The van der Waals surface area contributed by atoms with Crippen LogP contribution in [0.4, 0.5) is 0 Å². The summed E-state index contributed by atoms with van der Waals surface area (Å²) in [6.07, 6.45) is 7.41. The molecule has 0 saturated heterocycles. The lowest BCUT2D eigenvalue weighted by Crippen LogP contribution is -2.20. The molecular weight excluding hydrogens is 446 g/mol. The van der Waals surface area contributed by atoms with Crippen molar-refractivity contribution in [1.29, 1.82) is 0 Å². The number of aliphatic carboxylic acids is 1. The zero-order valence-corrected chi connectivity index (χ0v) is 19.7. The summed E-state index contributed by atoms with van der Waals surface area (Å²) in [5.41, 5.74) is 5.16. The highest BCUT2D eigenvalue weighted by Gasteiger charge is 2.27. The molecule has 0 spiro atoms. The fourth-order valence-electron chi connectivity index (χ4n) is 4.45. The minimum Gasteiger partial charge on any atom is -0.478 e. The number of nitrogens with zero attached hydrogens (tertiary/aromatic N) is 3. The number of hydrogen-bond donors (Lipinski definition) is 1. The molecule has 0 radical (unpaired) electrons. The zero-order valence-electron chi connectivity index (χ0n) is 19.7. The van der Waals surface area contributed by atoms with Crippen LogP contribution in [0.25, 0.3) is 16.7 Å². The van der Waals surface area contributed by atoms with Gasteiger partial charge in [0.1, 0.15) is 12.1 Å². The van der Waals surface area contributed by atoms with E-state index in [-0.39, 0.29) is 6.79 Å². The number of rotatable bonds is 9. The molecule has 0 amide bonds. The molecule has 1 N–H and O–H groups in total. The van der Waals surface area contributed by atoms with Crippen LogP contribution in [0, 0.1) is 0 Å². The molecule has 0 aliphatic carbocycles. The first-order valence-electron chi connectivity index (χ1n) is 11.8. The molecule has 1 aliphatic heterocycles. The van der Waals surface area contributed by atoms with Crippen molar-refractivity contribution in [3.63, 3.8) is 0 Å². The first-order chi connectivity index (χ1) is 17.1. The fourth-order valence-corrected chi connectivity index (χ4v) is 4.45. The van der Waals surface area contributed by atoms with E-state index in [1.165, 1.54) is 0 Å². The van der Waals surface area contributed by atoms with Crippen LogP contribution in [-0.4, -0.2) is 32.4 Å². The number of carboxylic acids is 1. The van der Waals surface area contributed by atoms with Crippen LogP contribution < -0.4 is 14.2 Å². The van der Waals surface area contributed by atoms with Gasteiger partial charge in [-0.3, -0.25) is 9.55 Å². The number of ether oxygens (including phenoxy) is 3. The van der Waals surface area contributed by atoms with E-state index < -0.39 is 12.1 Å². The second-order valence-electron chi connectivity index (χ2n) is 8.52. The Morgan fingerprint density at radius 2 is 1.83 bits per heavy atom. The van der Waals surface area contributed by atoms with E-state index in [0.29, 0.717) is 22.8 Å². The van der Waals surface area contributed by atoms with Crippen LogP contribution in [0.15, 0.2) is 55.1 Å². The van der Waals surface area contributed by atoms with Gasteiger partial charge in [0.05, 0.1) is 17.2 Å². The van der Waals surface area contributed by atoms with Crippen LogP contribution in [0.2, 0.25) is 0 Å². The number of carboxylic acid groups (broad SMARTS) is 1. The molecule has 8 heteroatoms. The predicted molar refractivity (Wildman–Crippen MR) is 130 cm³/mol. The minimum atomic E-state index is -1.18. The first-order valence-corrected chi connectivity index (χ1v) is 11.8. The number of hydrogen-bond acceptors (Lipinski definition) is 6. The predicted octanol–water partition coefficient (Wildman–Crippen LogP) is 5.26. The average Bonchev–Trinajstić information content (AvgIpc) is 3.50. The Labute approximate surface area is 203 Å². The molecule has 8 nitrogen and oxygen atoms in total. The Kier molecular flexibility index (Phi) is 6.27. The SMILES string of the molecule is CCCc1cc(-n2cnc3ccncc32)cc(CCC)c1O[C@H](C(=O)O)c1ccc2c(c1)OCO2. The molecule has 1 aliphatic rings. The maximum atomic E-state index is 12.3. The number of aromatic nitrogens is 3. The highest BCUT2D eigenvalue weighted by Crippen LogP contribution is 2.38. The van der Waals surface area contributed by atoms with Crippen molar-refractivity contribution >= 4 is 17.0 Å². The van der Waals surface area contributed by atoms with E-state index in [4.69, 9.17) is 14.2 Å². The lowest BCUT2D eigenvalue weighted by atomic mass is 9.99. The molecule has 0 saturated carbocycles. The van der Waals surface area contributed by atoms with E-state index in [1.54, 1.807) is 36.9 Å². The van der Waals surface area contributed by atoms with Crippen molar-refractivity contribution < 1.29 is 24.1 Å². The molecule has 1 atom stereocenters. The molecular formula is C27H27N3O5. The summed E-state index contributed by atoms with van der Waals surface area (Å²) in [4.78, 5) is 21.1. The highest BCUT2D eigenvalue weighted by atomic mass is 16.7. The van der Waals surface area contributed by atoms with Gasteiger partial charge in [-0.1, -0.05) is 32.8 Å². The Bertz CT molecular complexity index is 1350. The summed E-state index contributed by atoms with van der Waals surface area (Å²) in [5, 5.41) is 10.1. The summed E-state index contributed by atoms with van der Waals surface area (Å²) < 4.78 is 19.1. The molecule has 0 fully saturated rings. The molecule has 2 aromatic carbocycles. The zero-order chi connectivity index (χ0) is 24.4. The van der Waals surface area contributed by atoms with Crippen LogP contribution in [0.3, 0.4) is 0 Å². The van der Waals surface area contributed by atoms with Gasteiger partial charge >= 0.3 is 5.97 Å². The van der Waals surface area contributed by atoms with Crippen molar-refractivity contribution in [2.45, 2.75) is 45.6 Å². The maximum absolute atomic E-state index is 12.3. The van der Waals surface area contributed by atoms with Crippen LogP contribution in [0.5, 0.6) is 17.2 Å². The van der Waals surface area contributed by atoms with Gasteiger partial charge in [-0.25, -0.2) is 9.78 Å². The summed E-state index contributed by atoms with van der Waals surface area (Å²) in [5.74, 6) is 0.688. The Morgan fingerprint density at radius 3 is 2.54 bits per heavy atom. The molecule has 0 unspecified atom stereocenters. The van der Waals surface area contributed by atoms with Gasteiger partial charge in [0, 0.05) is 17.4 Å². The minimum absolute atomic E-state index is 0.124. The standard InChI is InChI=1S/C27H27N3O5/c1-3-5-17-11-20(30-15-29-21-9-10-28-14-22(21)30)12-18(6-4-2)25(17)35-26(27(31)32)19-7-8-23-24(13-19)34-16-33-23/h7-15,26H,3-6,16H2,1-2H3,(H,31,32)/t26-/m0/s1. The maximum Gasteiger partial charge on any atom is 0.349 e. The Morgan fingerprint density at radius 1 is 1.09 bits per heavy atom. The first kappa shape index (κ1) is 22.7. The number of aryl methyl sites for hydroxylation is 2. The normalized spacial score (nSPS) is 13.2. The third-order valence-corrected chi connectivity index (χ3v) is 6.05. The molecule has 35 heavy (non-hydrogen) atoms. The molecule has 2 aromatic heterocycles. The fraction of sp³-hybridized carbons (Fsp3) is 0.296. The summed E-state index contributed by atoms with van der Waals surface area (Å²) in [6.45, 7) is 4.32. The van der Waals surface area contributed by atoms with Gasteiger partial charge in [-0.05, 0) is 54.3 Å². The van der Waals surface area contributed by atoms with Crippen molar-refractivity contribution in [3.8, 4) is 22.9 Å². The van der Waals surface area contributed by atoms with Gasteiger partial charge < -0.3 is 19.3 Å². The number of benzene rings is 2. The van der Waals surface area contributed by atoms with Gasteiger partial charge in [0.25, 0.3) is 0 Å². The summed E-state index contributed by atoms with van der Waals surface area (Å²) in [6, 6.07) is 11.1. The second-order valence-corrected chi connectivity index (χ2v) is 8.52. The number of pyridine rings is 1. The number of carbonyl (C=O) groups is 1. The highest BCUT2D eigenvalue weighted by molar-refractivity contribution is 5.77. The van der Waals surface area contributed by atoms with Gasteiger partial charge in [-0.15, -0.1) is 0 Å². The monoisotopic (exact) mass is 473 g/mol. The summed E-state index contributed by atoms with van der Waals surface area (Å²) in [7, 11) is 0. The van der Waals surface area contributed by atoms with Gasteiger partial charge in [0.15, 0.2) is 11.5 Å². The van der Waals surface area contributed by atoms with Crippen LogP contribution in [-0.2, 0) is 17.6 Å². The van der Waals surface area contributed by atoms with E-state index in [9.17, 15) is 9.90 Å². The molecule has 3 heterocycles. The van der Waals surface area contributed by atoms with Crippen molar-refractivity contribution in [2.24, 2.45) is 0 Å². The lowest BCUT2D eigenvalue weighted by Gasteiger charge is -2.22. The van der Waals surface area contributed by atoms with Gasteiger partial charge in [0.2, 0.25) is 12.9 Å². The third-order valence-electron chi connectivity index (χ3n) is 6.05. The Hall–Kier alpha value is -4.07. The third kappa shape index (κ3) is 4.39. The molecule has 5 rings (SSSR count). The van der Waals surface area contributed by atoms with Crippen LogP contribution >= 0.6 is 0 Å². The van der Waals surface area contributed by atoms with E-state index in [1.807, 2.05) is 10.6 Å². The Balaban J connectivity index is 1.59. The van der Waals surface area contributed by atoms with E-state index in [2.05, 4.69) is 35.9 Å². The van der Waals surface area contributed by atoms with E-state index >= 15 is 0 Å². The number of fused-ring (bicyclic) bond motifs is 2. The smallest absolute Gasteiger partial charge is 0.349 e.